The fourth-order valence-corrected chi connectivity index (χ4v) is 2.11. The van der Waals surface area contributed by atoms with E-state index in [2.05, 4.69) is 10.2 Å². The minimum Gasteiger partial charge on any atom is -0.393 e. The van der Waals surface area contributed by atoms with Crippen molar-refractivity contribution in [1.82, 2.24) is 5.32 Å². The van der Waals surface area contributed by atoms with Gasteiger partial charge in [-0.25, -0.2) is 0 Å². The van der Waals surface area contributed by atoms with Crippen molar-refractivity contribution in [2.45, 2.75) is 31.7 Å². The maximum absolute atomic E-state index is 11.8. The molecule has 1 aromatic rings. The number of hydrogen-bond acceptors (Lipinski definition) is 3. The maximum atomic E-state index is 11.8. The SMILES string of the molecule is NC(=S)CCN(CCC(=O)NC1CC1)c1ccccc1. The summed E-state index contributed by atoms with van der Waals surface area (Å²) in [7, 11) is 0. The van der Waals surface area contributed by atoms with E-state index in [1.54, 1.807) is 0 Å². The van der Waals surface area contributed by atoms with E-state index in [4.69, 9.17) is 18.0 Å². The number of nitrogens with two attached hydrogens (primary N) is 1. The maximum Gasteiger partial charge on any atom is 0.221 e. The van der Waals surface area contributed by atoms with Crippen molar-refractivity contribution in [2.24, 2.45) is 5.73 Å². The molecule has 20 heavy (non-hydrogen) atoms. The van der Waals surface area contributed by atoms with Crippen molar-refractivity contribution in [2.75, 3.05) is 18.0 Å². The lowest BCUT2D eigenvalue weighted by Gasteiger charge is -2.24. The van der Waals surface area contributed by atoms with Crippen LogP contribution in [0.3, 0.4) is 0 Å². The number of nitrogens with one attached hydrogen (secondary N) is 1. The average molecular weight is 291 g/mol. The molecule has 4 nitrogen and oxygen atoms in total. The zero-order valence-corrected chi connectivity index (χ0v) is 12.4. The molecule has 0 saturated heterocycles. The number of amides is 1. The third-order valence-electron chi connectivity index (χ3n) is 3.30. The number of benzene rings is 1. The second kappa shape index (κ2) is 7.24. The molecule has 0 unspecified atom stereocenters. The predicted molar refractivity (Wildman–Crippen MR) is 85.8 cm³/mol. The Morgan fingerprint density at radius 3 is 2.50 bits per heavy atom. The Bertz CT molecular complexity index is 459. The Balaban J connectivity index is 1.87. The summed E-state index contributed by atoms with van der Waals surface area (Å²) in [6.45, 7) is 1.43. The van der Waals surface area contributed by atoms with Gasteiger partial charge in [0.25, 0.3) is 0 Å². The lowest BCUT2D eigenvalue weighted by molar-refractivity contribution is -0.121. The molecule has 1 saturated carbocycles. The summed E-state index contributed by atoms with van der Waals surface area (Å²) in [6.07, 6.45) is 3.41. The second-order valence-corrected chi connectivity index (χ2v) is 5.66. The molecular weight excluding hydrogens is 270 g/mol. The van der Waals surface area contributed by atoms with E-state index < -0.39 is 0 Å². The van der Waals surface area contributed by atoms with E-state index in [0.29, 0.717) is 30.4 Å². The first-order valence-electron chi connectivity index (χ1n) is 7.03. The third kappa shape index (κ3) is 5.17. The highest BCUT2D eigenvalue weighted by atomic mass is 32.1. The van der Waals surface area contributed by atoms with Gasteiger partial charge in [0.2, 0.25) is 5.91 Å². The van der Waals surface area contributed by atoms with E-state index in [1.165, 1.54) is 0 Å². The van der Waals surface area contributed by atoms with Gasteiger partial charge in [0.1, 0.15) is 0 Å². The Morgan fingerprint density at radius 1 is 1.25 bits per heavy atom. The molecule has 1 fully saturated rings. The lowest BCUT2D eigenvalue weighted by atomic mass is 10.2. The average Bonchev–Trinajstić information content (AvgIpc) is 3.23. The van der Waals surface area contributed by atoms with Crippen LogP contribution >= 0.6 is 12.2 Å². The van der Waals surface area contributed by atoms with Gasteiger partial charge in [-0.2, -0.15) is 0 Å². The van der Waals surface area contributed by atoms with Gasteiger partial charge < -0.3 is 16.0 Å². The highest BCUT2D eigenvalue weighted by Gasteiger charge is 2.23. The van der Waals surface area contributed by atoms with Crippen LogP contribution in [0.25, 0.3) is 0 Å². The number of nitrogens with zero attached hydrogens (tertiary/aromatic N) is 1. The molecule has 0 spiro atoms. The van der Waals surface area contributed by atoms with Crippen LogP contribution in [-0.2, 0) is 4.79 Å². The van der Waals surface area contributed by atoms with Crippen molar-refractivity contribution in [3.05, 3.63) is 30.3 Å². The third-order valence-corrected chi connectivity index (χ3v) is 3.50. The molecule has 1 aliphatic carbocycles. The number of carbonyl (C=O) groups is 1. The summed E-state index contributed by atoms with van der Waals surface area (Å²) >= 11 is 4.94. The molecule has 108 valence electrons. The summed E-state index contributed by atoms with van der Waals surface area (Å²) in [5.41, 5.74) is 6.67. The van der Waals surface area contributed by atoms with Crippen molar-refractivity contribution in [3.63, 3.8) is 0 Å². The number of thiocarbonyl (C=S) groups is 1. The molecule has 1 aliphatic rings. The molecule has 0 aromatic heterocycles. The topological polar surface area (TPSA) is 58.4 Å². The van der Waals surface area contributed by atoms with Crippen molar-refractivity contribution >= 4 is 28.8 Å². The molecule has 1 aromatic carbocycles. The summed E-state index contributed by atoms with van der Waals surface area (Å²) in [6, 6.07) is 10.5. The monoisotopic (exact) mass is 291 g/mol. The Morgan fingerprint density at radius 2 is 1.90 bits per heavy atom. The van der Waals surface area contributed by atoms with Crippen LogP contribution in [0, 0.1) is 0 Å². The van der Waals surface area contributed by atoms with Gasteiger partial charge in [0, 0.05) is 37.7 Å². The van der Waals surface area contributed by atoms with Crippen molar-refractivity contribution in [1.29, 1.82) is 0 Å². The predicted octanol–water partition coefficient (Wildman–Crippen LogP) is 1.84. The molecule has 0 radical (unpaired) electrons. The van der Waals surface area contributed by atoms with E-state index in [1.807, 2.05) is 30.3 Å². The molecule has 3 N–H and O–H groups in total. The van der Waals surface area contributed by atoms with Gasteiger partial charge in [0.05, 0.1) is 4.99 Å². The van der Waals surface area contributed by atoms with Crippen LogP contribution in [-0.4, -0.2) is 30.0 Å². The molecule has 5 heteroatoms. The molecule has 0 heterocycles. The largest absolute Gasteiger partial charge is 0.393 e. The molecular formula is C15H21N3OS. The molecule has 0 aliphatic heterocycles. The summed E-state index contributed by atoms with van der Waals surface area (Å²) in [5, 5.41) is 3.01. The van der Waals surface area contributed by atoms with Gasteiger partial charge in [-0.15, -0.1) is 0 Å². The van der Waals surface area contributed by atoms with Crippen molar-refractivity contribution < 1.29 is 4.79 Å². The van der Waals surface area contributed by atoms with Crippen LogP contribution in [0.15, 0.2) is 30.3 Å². The van der Waals surface area contributed by atoms with Gasteiger partial charge in [-0.1, -0.05) is 30.4 Å². The van der Waals surface area contributed by atoms with Crippen molar-refractivity contribution in [3.8, 4) is 0 Å². The Kier molecular flexibility index (Phi) is 5.35. The molecule has 2 rings (SSSR count). The highest BCUT2D eigenvalue weighted by Crippen LogP contribution is 2.19. The second-order valence-electron chi connectivity index (χ2n) is 5.13. The van der Waals surface area contributed by atoms with Crippen LogP contribution < -0.4 is 16.0 Å². The Hall–Kier alpha value is -1.62. The van der Waals surface area contributed by atoms with Crippen LogP contribution in [0.4, 0.5) is 5.69 Å². The number of anilines is 1. The van der Waals surface area contributed by atoms with Crippen LogP contribution in [0.5, 0.6) is 0 Å². The van der Waals surface area contributed by atoms with E-state index in [-0.39, 0.29) is 5.91 Å². The van der Waals surface area contributed by atoms with Gasteiger partial charge in [0.15, 0.2) is 0 Å². The van der Waals surface area contributed by atoms with Crippen LogP contribution in [0.2, 0.25) is 0 Å². The first-order chi connectivity index (χ1) is 9.65. The smallest absolute Gasteiger partial charge is 0.221 e. The van der Waals surface area contributed by atoms with Gasteiger partial charge in [-0.3, -0.25) is 4.79 Å². The summed E-state index contributed by atoms with van der Waals surface area (Å²) in [4.78, 5) is 14.4. The first-order valence-corrected chi connectivity index (χ1v) is 7.43. The molecule has 0 atom stereocenters. The van der Waals surface area contributed by atoms with E-state index >= 15 is 0 Å². The lowest BCUT2D eigenvalue weighted by Crippen LogP contribution is -2.33. The quantitative estimate of drug-likeness (QED) is 0.718. The zero-order valence-electron chi connectivity index (χ0n) is 11.5. The molecule has 1 amide bonds. The first kappa shape index (κ1) is 14.8. The normalized spacial score (nSPS) is 13.8. The summed E-state index contributed by atoms with van der Waals surface area (Å²) in [5.74, 6) is 0.128. The standard InChI is InChI=1S/C15H21N3OS/c16-14(20)8-10-18(13-4-2-1-3-5-13)11-9-15(19)17-12-6-7-12/h1-5,12H,6-11H2,(H2,16,20)(H,17,19). The Labute approximate surface area is 125 Å². The number of hydrogen-bond donors (Lipinski definition) is 2. The minimum atomic E-state index is 0.128. The highest BCUT2D eigenvalue weighted by molar-refractivity contribution is 7.80. The fraction of sp³-hybridized carbons (Fsp3) is 0.467. The number of para-hydroxylation sites is 1. The number of carbonyl (C=O) groups excluding carboxylic acids is 1. The van der Waals surface area contributed by atoms with E-state index in [9.17, 15) is 4.79 Å². The van der Waals surface area contributed by atoms with E-state index in [0.717, 1.165) is 25.1 Å². The molecule has 0 bridgehead atoms. The number of rotatable bonds is 8. The fourth-order valence-electron chi connectivity index (χ4n) is 2.02. The zero-order chi connectivity index (χ0) is 14.4. The van der Waals surface area contributed by atoms with Gasteiger partial charge in [-0.05, 0) is 25.0 Å². The van der Waals surface area contributed by atoms with Gasteiger partial charge >= 0.3 is 0 Å². The van der Waals surface area contributed by atoms with Crippen LogP contribution in [0.1, 0.15) is 25.7 Å². The summed E-state index contributed by atoms with van der Waals surface area (Å²) < 4.78 is 0. The minimum absolute atomic E-state index is 0.128.